The highest BCUT2D eigenvalue weighted by Gasteiger charge is 2.28. The summed E-state index contributed by atoms with van der Waals surface area (Å²) in [6.07, 6.45) is 5.99. The van der Waals surface area contributed by atoms with Crippen LogP contribution in [0, 0.1) is 0 Å². The predicted octanol–water partition coefficient (Wildman–Crippen LogP) is 1.13. The Kier molecular flexibility index (Phi) is 4.55. The number of ether oxygens (including phenoxy) is 1. The van der Waals surface area contributed by atoms with Crippen molar-refractivity contribution >= 4 is 5.91 Å². The molecule has 0 radical (unpaired) electrons. The molecule has 0 aliphatic carbocycles. The Morgan fingerprint density at radius 3 is 3.05 bits per heavy atom. The van der Waals surface area contributed by atoms with E-state index in [1.165, 1.54) is 0 Å². The molecule has 2 fully saturated rings. The Hall–Kier alpha value is -1.40. The SMILES string of the molecule is COC1CCCN(C(=O)c2cn[nH]c2C2CCNC2)CC1. The Bertz CT molecular complexity index is 482. The Morgan fingerprint density at radius 1 is 1.38 bits per heavy atom. The van der Waals surface area contributed by atoms with Gasteiger partial charge in [-0.1, -0.05) is 0 Å². The van der Waals surface area contributed by atoms with Crippen molar-refractivity contribution in [2.75, 3.05) is 33.3 Å². The Balaban J connectivity index is 1.71. The molecule has 0 spiro atoms. The minimum absolute atomic E-state index is 0.113. The first kappa shape index (κ1) is 14.5. The van der Waals surface area contributed by atoms with Gasteiger partial charge in [0, 0.05) is 32.7 Å². The normalized spacial score (nSPS) is 26.8. The number of hydrogen-bond donors (Lipinski definition) is 2. The van der Waals surface area contributed by atoms with Crippen molar-refractivity contribution in [3.05, 3.63) is 17.5 Å². The van der Waals surface area contributed by atoms with Crippen LogP contribution >= 0.6 is 0 Å². The van der Waals surface area contributed by atoms with Gasteiger partial charge in [-0.2, -0.15) is 5.10 Å². The van der Waals surface area contributed by atoms with Crippen LogP contribution in [0.1, 0.15) is 47.7 Å². The van der Waals surface area contributed by atoms with Crippen LogP contribution in [-0.2, 0) is 4.74 Å². The molecule has 21 heavy (non-hydrogen) atoms. The molecule has 6 heteroatoms. The third kappa shape index (κ3) is 3.11. The number of amides is 1. The quantitative estimate of drug-likeness (QED) is 0.876. The second-order valence-corrected chi connectivity index (χ2v) is 5.97. The van der Waals surface area contributed by atoms with Crippen molar-refractivity contribution in [3.63, 3.8) is 0 Å². The minimum Gasteiger partial charge on any atom is -0.381 e. The lowest BCUT2D eigenvalue weighted by Crippen LogP contribution is -2.33. The third-order valence-corrected chi connectivity index (χ3v) is 4.66. The van der Waals surface area contributed by atoms with E-state index in [9.17, 15) is 4.79 Å². The van der Waals surface area contributed by atoms with Gasteiger partial charge in [-0.05, 0) is 32.2 Å². The van der Waals surface area contributed by atoms with Gasteiger partial charge in [-0.15, -0.1) is 0 Å². The summed E-state index contributed by atoms with van der Waals surface area (Å²) in [7, 11) is 1.75. The molecule has 2 atom stereocenters. The molecule has 1 aromatic rings. The fourth-order valence-corrected chi connectivity index (χ4v) is 3.35. The second kappa shape index (κ2) is 6.58. The van der Waals surface area contributed by atoms with Crippen molar-refractivity contribution in [1.82, 2.24) is 20.4 Å². The maximum Gasteiger partial charge on any atom is 0.257 e. The Labute approximate surface area is 125 Å². The van der Waals surface area contributed by atoms with E-state index in [1.807, 2.05) is 4.90 Å². The van der Waals surface area contributed by atoms with Gasteiger partial charge in [0.2, 0.25) is 0 Å². The summed E-state index contributed by atoms with van der Waals surface area (Å²) in [5, 5.41) is 10.5. The van der Waals surface area contributed by atoms with E-state index in [2.05, 4.69) is 15.5 Å². The molecule has 116 valence electrons. The molecule has 6 nitrogen and oxygen atoms in total. The van der Waals surface area contributed by atoms with Crippen LogP contribution < -0.4 is 5.32 Å². The number of methoxy groups -OCH3 is 1. The van der Waals surface area contributed by atoms with Crippen LogP contribution in [0.4, 0.5) is 0 Å². The van der Waals surface area contributed by atoms with Crippen LogP contribution in [0.15, 0.2) is 6.20 Å². The van der Waals surface area contributed by atoms with Gasteiger partial charge >= 0.3 is 0 Å². The van der Waals surface area contributed by atoms with Gasteiger partial charge in [0.1, 0.15) is 0 Å². The van der Waals surface area contributed by atoms with Gasteiger partial charge in [0.25, 0.3) is 5.91 Å². The lowest BCUT2D eigenvalue weighted by atomic mass is 10.0. The van der Waals surface area contributed by atoms with Gasteiger partial charge in [0.15, 0.2) is 0 Å². The number of H-pyrrole nitrogens is 1. The highest BCUT2D eigenvalue weighted by molar-refractivity contribution is 5.95. The van der Waals surface area contributed by atoms with E-state index in [0.717, 1.165) is 63.1 Å². The van der Waals surface area contributed by atoms with E-state index in [-0.39, 0.29) is 12.0 Å². The number of nitrogens with one attached hydrogen (secondary N) is 2. The van der Waals surface area contributed by atoms with E-state index >= 15 is 0 Å². The fourth-order valence-electron chi connectivity index (χ4n) is 3.35. The second-order valence-electron chi connectivity index (χ2n) is 5.97. The Morgan fingerprint density at radius 2 is 2.29 bits per heavy atom. The first-order valence-corrected chi connectivity index (χ1v) is 7.85. The molecule has 2 aliphatic rings. The summed E-state index contributed by atoms with van der Waals surface area (Å²) >= 11 is 0. The molecule has 1 amide bonds. The largest absolute Gasteiger partial charge is 0.381 e. The summed E-state index contributed by atoms with van der Waals surface area (Å²) in [6, 6.07) is 0. The van der Waals surface area contributed by atoms with Gasteiger partial charge in [-0.3, -0.25) is 9.89 Å². The van der Waals surface area contributed by atoms with Crippen molar-refractivity contribution in [1.29, 1.82) is 0 Å². The lowest BCUT2D eigenvalue weighted by molar-refractivity contribution is 0.0722. The van der Waals surface area contributed by atoms with Crippen molar-refractivity contribution < 1.29 is 9.53 Å². The van der Waals surface area contributed by atoms with Crippen LogP contribution in [0.2, 0.25) is 0 Å². The standard InChI is InChI=1S/C15H24N4O2/c1-21-12-3-2-7-19(8-5-12)15(20)13-10-17-18-14(13)11-4-6-16-9-11/h10-12,16H,2-9H2,1H3,(H,17,18). The van der Waals surface area contributed by atoms with E-state index < -0.39 is 0 Å². The number of carbonyl (C=O) groups excluding carboxylic acids is 1. The molecule has 2 N–H and O–H groups in total. The molecule has 0 aromatic carbocycles. The maximum absolute atomic E-state index is 12.8. The monoisotopic (exact) mass is 292 g/mol. The highest BCUT2D eigenvalue weighted by atomic mass is 16.5. The molecule has 2 unspecified atom stereocenters. The first-order chi connectivity index (χ1) is 10.3. The van der Waals surface area contributed by atoms with E-state index in [4.69, 9.17) is 4.74 Å². The highest BCUT2D eigenvalue weighted by Crippen LogP contribution is 2.25. The van der Waals surface area contributed by atoms with Gasteiger partial charge in [0.05, 0.1) is 23.6 Å². The molecule has 3 heterocycles. The number of aromatic amines is 1. The number of likely N-dealkylation sites (tertiary alicyclic amines) is 1. The average Bonchev–Trinajstić information content (AvgIpc) is 3.13. The van der Waals surface area contributed by atoms with Crippen LogP contribution in [0.3, 0.4) is 0 Å². The molecule has 1 aromatic heterocycles. The lowest BCUT2D eigenvalue weighted by Gasteiger charge is -2.21. The van der Waals surface area contributed by atoms with Crippen molar-refractivity contribution in [2.24, 2.45) is 0 Å². The van der Waals surface area contributed by atoms with Crippen LogP contribution in [-0.4, -0.2) is 60.4 Å². The fraction of sp³-hybridized carbons (Fsp3) is 0.733. The topological polar surface area (TPSA) is 70.2 Å². The number of rotatable bonds is 3. The van der Waals surface area contributed by atoms with Gasteiger partial charge in [-0.25, -0.2) is 0 Å². The first-order valence-electron chi connectivity index (χ1n) is 7.85. The number of carbonyl (C=O) groups is 1. The van der Waals surface area contributed by atoms with E-state index in [0.29, 0.717) is 5.92 Å². The summed E-state index contributed by atoms with van der Waals surface area (Å²) in [6.45, 7) is 3.52. The van der Waals surface area contributed by atoms with Gasteiger partial charge < -0.3 is 15.0 Å². The molecular weight excluding hydrogens is 268 g/mol. The van der Waals surface area contributed by atoms with Crippen LogP contribution in [0.25, 0.3) is 0 Å². The third-order valence-electron chi connectivity index (χ3n) is 4.66. The summed E-state index contributed by atoms with van der Waals surface area (Å²) in [5.74, 6) is 0.493. The molecule has 0 bridgehead atoms. The summed E-state index contributed by atoms with van der Waals surface area (Å²) in [4.78, 5) is 14.7. The number of nitrogens with zero attached hydrogens (tertiary/aromatic N) is 2. The number of hydrogen-bond acceptors (Lipinski definition) is 4. The van der Waals surface area contributed by atoms with Crippen molar-refractivity contribution in [3.8, 4) is 0 Å². The predicted molar refractivity (Wildman–Crippen MR) is 79.4 cm³/mol. The molecule has 0 saturated carbocycles. The molecule has 2 saturated heterocycles. The summed E-state index contributed by atoms with van der Waals surface area (Å²) < 4.78 is 5.43. The molecular formula is C15H24N4O2. The van der Waals surface area contributed by atoms with Crippen molar-refractivity contribution in [2.45, 2.75) is 37.7 Å². The summed E-state index contributed by atoms with van der Waals surface area (Å²) in [5.41, 5.74) is 1.75. The van der Waals surface area contributed by atoms with Crippen LogP contribution in [0.5, 0.6) is 0 Å². The zero-order valence-corrected chi connectivity index (χ0v) is 12.6. The zero-order chi connectivity index (χ0) is 14.7. The maximum atomic E-state index is 12.8. The molecule has 3 rings (SSSR count). The smallest absolute Gasteiger partial charge is 0.257 e. The average molecular weight is 292 g/mol. The minimum atomic E-state index is 0.113. The van der Waals surface area contributed by atoms with E-state index in [1.54, 1.807) is 13.3 Å². The zero-order valence-electron chi connectivity index (χ0n) is 12.6. The number of aromatic nitrogens is 2. The molecule has 2 aliphatic heterocycles.